The van der Waals surface area contributed by atoms with Crippen LogP contribution in [-0.2, 0) is 15.3 Å². The predicted octanol–water partition coefficient (Wildman–Crippen LogP) is 10.7. The molecule has 1 aliphatic heterocycles. The second kappa shape index (κ2) is 10.7. The lowest BCUT2D eigenvalue weighted by Gasteiger charge is -2.63. The third kappa shape index (κ3) is 4.16. The number of fused-ring (bicyclic) bond motifs is 4. The van der Waals surface area contributed by atoms with Crippen molar-refractivity contribution in [2.24, 2.45) is 23.7 Å². The molecule has 4 nitrogen and oxygen atoms in total. The molecule has 2 heterocycles. The van der Waals surface area contributed by atoms with E-state index in [-0.39, 0.29) is 5.41 Å². The van der Waals surface area contributed by atoms with Crippen molar-refractivity contribution in [2.45, 2.75) is 47.3 Å². The first kappa shape index (κ1) is 29.6. The molecule has 4 saturated carbocycles. The second-order valence-electron chi connectivity index (χ2n) is 15.4. The van der Waals surface area contributed by atoms with Gasteiger partial charge in [0, 0.05) is 21.9 Å². The Morgan fingerprint density at radius 2 is 1.18 bits per heavy atom. The van der Waals surface area contributed by atoms with Gasteiger partial charge >= 0.3 is 0 Å². The summed E-state index contributed by atoms with van der Waals surface area (Å²) in [6, 6.07) is 45.5. The van der Waals surface area contributed by atoms with Crippen LogP contribution < -0.4 is 0 Å². The van der Waals surface area contributed by atoms with E-state index < -0.39 is 9.84 Å². The molecule has 4 aliphatic carbocycles. The molecule has 51 heavy (non-hydrogen) atoms. The Balaban J connectivity index is 1.07. The van der Waals surface area contributed by atoms with Crippen molar-refractivity contribution in [3.63, 3.8) is 0 Å². The minimum Gasteiger partial charge on any atom is -0.228 e. The monoisotopic (exact) mass is 680 g/mol. The zero-order valence-electron chi connectivity index (χ0n) is 28.2. The number of hydrogen-bond acceptors (Lipinski definition) is 4. The molecule has 0 amide bonds. The van der Waals surface area contributed by atoms with Gasteiger partial charge in [-0.15, -0.1) is 0 Å². The highest BCUT2D eigenvalue weighted by Gasteiger charge is 2.62. The van der Waals surface area contributed by atoms with Crippen LogP contribution in [0.15, 0.2) is 143 Å². The maximum absolute atomic E-state index is 14.6. The van der Waals surface area contributed by atoms with Gasteiger partial charge in [0.15, 0.2) is 5.82 Å². The van der Waals surface area contributed by atoms with Crippen LogP contribution >= 0.6 is 0 Å². The Kier molecular flexibility index (Phi) is 6.20. The Hall–Kier alpha value is -5.13. The first-order chi connectivity index (χ1) is 25.0. The minimum atomic E-state index is -3.71. The smallest absolute Gasteiger partial charge is 0.207 e. The molecule has 0 unspecified atom stereocenters. The highest BCUT2D eigenvalue weighted by Crippen LogP contribution is 2.68. The number of rotatable bonds is 3. The van der Waals surface area contributed by atoms with Crippen molar-refractivity contribution in [3.8, 4) is 33.8 Å². The average Bonchev–Trinajstić information content (AvgIpc) is 3.17. The lowest BCUT2D eigenvalue weighted by Crippen LogP contribution is -2.57. The quantitative estimate of drug-likeness (QED) is 0.186. The van der Waals surface area contributed by atoms with E-state index in [1.807, 2.05) is 48.5 Å². The fourth-order valence-corrected chi connectivity index (χ4v) is 12.9. The highest BCUT2D eigenvalue weighted by molar-refractivity contribution is 7.91. The number of hydrogen-bond donors (Lipinski definition) is 0. The van der Waals surface area contributed by atoms with Gasteiger partial charge < -0.3 is 0 Å². The molecule has 4 bridgehead atoms. The van der Waals surface area contributed by atoms with E-state index in [1.54, 1.807) is 0 Å². The molecule has 6 aromatic carbocycles. The van der Waals surface area contributed by atoms with Crippen LogP contribution in [0, 0.1) is 23.7 Å². The summed E-state index contributed by atoms with van der Waals surface area (Å²) in [6.07, 6.45) is 6.18. The summed E-state index contributed by atoms with van der Waals surface area (Å²) < 4.78 is 29.1. The van der Waals surface area contributed by atoms with E-state index in [9.17, 15) is 8.42 Å². The lowest BCUT2D eigenvalue weighted by atomic mass is 9.42. The third-order valence-corrected chi connectivity index (χ3v) is 14.7. The van der Waals surface area contributed by atoms with Crippen molar-refractivity contribution >= 4 is 31.5 Å². The maximum Gasteiger partial charge on any atom is 0.207 e. The van der Waals surface area contributed by atoms with E-state index in [0.717, 1.165) is 67.2 Å². The molecule has 4 fully saturated rings. The van der Waals surface area contributed by atoms with Crippen LogP contribution in [0.25, 0.3) is 55.4 Å². The van der Waals surface area contributed by atoms with Crippen LogP contribution in [-0.4, -0.2) is 18.4 Å². The number of sulfone groups is 1. The molecule has 0 N–H and O–H groups in total. The summed E-state index contributed by atoms with van der Waals surface area (Å²) in [6.45, 7) is 0. The normalized spacial score (nSPS) is 25.3. The van der Waals surface area contributed by atoms with E-state index in [4.69, 9.17) is 9.97 Å². The summed E-state index contributed by atoms with van der Waals surface area (Å²) in [7, 11) is -3.71. The van der Waals surface area contributed by atoms with Crippen molar-refractivity contribution in [1.82, 2.24) is 9.97 Å². The molecule has 248 valence electrons. The maximum atomic E-state index is 14.6. The largest absolute Gasteiger partial charge is 0.228 e. The molecule has 0 saturated heterocycles. The van der Waals surface area contributed by atoms with E-state index >= 15 is 0 Å². The Labute approximate surface area is 298 Å². The molecule has 5 heteroatoms. The van der Waals surface area contributed by atoms with Gasteiger partial charge in [-0.25, -0.2) is 18.4 Å². The van der Waals surface area contributed by atoms with Crippen LogP contribution in [0.4, 0.5) is 0 Å². The summed E-state index contributed by atoms with van der Waals surface area (Å²) in [4.78, 5) is 11.3. The van der Waals surface area contributed by atoms with Crippen LogP contribution in [0.2, 0.25) is 0 Å². The summed E-state index contributed by atoms with van der Waals surface area (Å²) in [5, 5.41) is 3.33. The van der Waals surface area contributed by atoms with Crippen molar-refractivity contribution in [1.29, 1.82) is 0 Å². The average molecular weight is 681 g/mol. The van der Waals surface area contributed by atoms with Crippen molar-refractivity contribution in [2.75, 3.05) is 0 Å². The van der Waals surface area contributed by atoms with Gasteiger partial charge in [0.2, 0.25) is 9.84 Å². The molecule has 12 rings (SSSR count). The summed E-state index contributed by atoms with van der Waals surface area (Å²) in [5.74, 6) is 3.18. The Morgan fingerprint density at radius 3 is 2.02 bits per heavy atom. The predicted molar refractivity (Wildman–Crippen MR) is 203 cm³/mol. The van der Waals surface area contributed by atoms with Gasteiger partial charge in [-0.2, -0.15) is 0 Å². The second-order valence-corrected chi connectivity index (χ2v) is 17.3. The molecule has 1 spiro atoms. The fourth-order valence-electron chi connectivity index (χ4n) is 11.1. The van der Waals surface area contributed by atoms with Gasteiger partial charge in [0.25, 0.3) is 0 Å². The first-order valence-corrected chi connectivity index (χ1v) is 19.8. The minimum absolute atomic E-state index is 0.234. The number of nitrogens with zero attached hydrogens (tertiary/aromatic N) is 2. The summed E-state index contributed by atoms with van der Waals surface area (Å²) in [5.41, 5.74) is 7.45. The van der Waals surface area contributed by atoms with Crippen LogP contribution in [0.1, 0.15) is 43.2 Å². The van der Waals surface area contributed by atoms with Gasteiger partial charge in [0.1, 0.15) is 0 Å². The lowest BCUT2D eigenvalue weighted by molar-refractivity contribution is -0.0446. The van der Waals surface area contributed by atoms with E-state index in [2.05, 4.69) is 84.9 Å². The number of benzene rings is 6. The van der Waals surface area contributed by atoms with Gasteiger partial charge in [-0.3, -0.25) is 0 Å². The van der Waals surface area contributed by atoms with E-state index in [0.29, 0.717) is 27.5 Å². The van der Waals surface area contributed by atoms with Crippen LogP contribution in [0.5, 0.6) is 0 Å². The number of aromatic nitrogens is 2. The third-order valence-electron chi connectivity index (χ3n) is 12.9. The molecule has 1 aromatic heterocycles. The molecule has 0 radical (unpaired) electrons. The SMILES string of the molecule is O=S1(=O)c2ccccc2C2(c3ccc(-c4cccc(-c5nc(-c6cccc7ccccc67)c6ccccc6n5)c4)cc31)C1CC3CC(C1)CC2C3. The Morgan fingerprint density at radius 1 is 0.529 bits per heavy atom. The van der Waals surface area contributed by atoms with Gasteiger partial charge in [0.05, 0.1) is 21.0 Å². The number of para-hydroxylation sites is 1. The van der Waals surface area contributed by atoms with Gasteiger partial charge in [-0.1, -0.05) is 109 Å². The Bertz CT molecular complexity index is 2660. The molecule has 5 aliphatic rings. The zero-order chi connectivity index (χ0) is 33.9. The summed E-state index contributed by atoms with van der Waals surface area (Å²) >= 11 is 0. The fraction of sp³-hybridized carbons (Fsp3) is 0.217. The topological polar surface area (TPSA) is 59.9 Å². The van der Waals surface area contributed by atoms with Crippen molar-refractivity contribution in [3.05, 3.63) is 145 Å². The van der Waals surface area contributed by atoms with E-state index in [1.165, 1.54) is 37.5 Å². The molecular weight excluding hydrogens is 645 g/mol. The molecule has 0 atom stereocenters. The standard InChI is InChI=1S/C46H36N2O2S/c49-51(50)42-18-6-4-16-39(42)46(34-22-28-21-29(24-34)25-35(46)23-28)40-20-19-32(27-43(40)51)31-11-7-12-33(26-31)45-47-41-17-5-3-14-38(41)44(48-45)37-15-8-10-30-9-1-2-13-36(30)37/h1-20,26-29,34-35H,21-25H2. The van der Waals surface area contributed by atoms with Crippen molar-refractivity contribution < 1.29 is 8.42 Å². The van der Waals surface area contributed by atoms with Crippen LogP contribution in [0.3, 0.4) is 0 Å². The highest BCUT2D eigenvalue weighted by atomic mass is 32.2. The molecular formula is C46H36N2O2S. The van der Waals surface area contributed by atoms with Gasteiger partial charge in [-0.05, 0) is 113 Å². The molecule has 7 aromatic rings. The zero-order valence-corrected chi connectivity index (χ0v) is 29.0. The first-order valence-electron chi connectivity index (χ1n) is 18.3.